The number of hydrogen-bond donors (Lipinski definition) is 2. The van der Waals surface area contributed by atoms with E-state index in [0.717, 1.165) is 19.3 Å². The molecule has 24 heavy (non-hydrogen) atoms. The van der Waals surface area contributed by atoms with Gasteiger partial charge in [0.2, 0.25) is 11.8 Å². The van der Waals surface area contributed by atoms with Gasteiger partial charge in [-0.2, -0.15) is 4.98 Å². The monoisotopic (exact) mass is 381 g/mol. The van der Waals surface area contributed by atoms with Crippen LogP contribution in [0, 0.1) is 5.92 Å². The lowest BCUT2D eigenvalue weighted by Crippen LogP contribution is -2.43. The van der Waals surface area contributed by atoms with Crippen molar-refractivity contribution in [2.24, 2.45) is 11.7 Å². The van der Waals surface area contributed by atoms with E-state index in [2.05, 4.69) is 15.5 Å². The predicted molar refractivity (Wildman–Crippen MR) is 97.3 cm³/mol. The molecule has 0 unspecified atom stereocenters. The Kier molecular flexibility index (Phi) is 9.20. The molecule has 0 radical (unpaired) electrons. The fraction of sp³-hybridized carbons (Fsp3) is 0.800. The van der Waals surface area contributed by atoms with E-state index in [4.69, 9.17) is 10.3 Å². The highest BCUT2D eigenvalue weighted by Gasteiger charge is 2.31. The average Bonchev–Trinajstić information content (AvgIpc) is 2.99. The smallest absolute Gasteiger partial charge is 0.240 e. The average molecular weight is 382 g/mol. The van der Waals surface area contributed by atoms with Crippen LogP contribution in [0.4, 0.5) is 0 Å². The molecule has 7 nitrogen and oxygen atoms in total. The number of nitrogens with two attached hydrogens (primary N) is 1. The highest BCUT2D eigenvalue weighted by atomic mass is 35.5. The molecule has 1 aromatic heterocycles. The fourth-order valence-corrected chi connectivity index (χ4v) is 2.86. The number of carbonyl (C=O) groups is 1. The molecule has 3 N–H and O–H groups in total. The second kappa shape index (κ2) is 9.56. The number of amides is 1. The van der Waals surface area contributed by atoms with Crippen LogP contribution in [0.2, 0.25) is 0 Å². The van der Waals surface area contributed by atoms with E-state index in [1.54, 1.807) is 0 Å². The lowest BCUT2D eigenvalue weighted by atomic mass is 9.98. The topological polar surface area (TPSA) is 97.3 Å². The SMILES string of the molecule is CN(C)Cc1nc(C(C)(C)NC(=O)C[C@@H]2CCC[C@H]2N)no1.Cl.Cl. The number of nitrogens with zero attached hydrogens (tertiary/aromatic N) is 3. The van der Waals surface area contributed by atoms with Crippen molar-refractivity contribution in [3.8, 4) is 0 Å². The van der Waals surface area contributed by atoms with Gasteiger partial charge in [0.15, 0.2) is 5.82 Å². The molecule has 2 rings (SSSR count). The quantitative estimate of drug-likeness (QED) is 0.779. The van der Waals surface area contributed by atoms with Gasteiger partial charge in [-0.1, -0.05) is 11.6 Å². The molecule has 1 aliphatic carbocycles. The van der Waals surface area contributed by atoms with Crippen LogP contribution in [0.3, 0.4) is 0 Å². The first-order valence-corrected chi connectivity index (χ1v) is 7.82. The van der Waals surface area contributed by atoms with Crippen LogP contribution in [0.1, 0.15) is 51.2 Å². The molecule has 1 aliphatic rings. The lowest BCUT2D eigenvalue weighted by molar-refractivity contribution is -0.123. The second-order valence-electron chi connectivity index (χ2n) is 6.98. The van der Waals surface area contributed by atoms with Gasteiger partial charge in [-0.05, 0) is 46.7 Å². The third-order valence-corrected chi connectivity index (χ3v) is 4.10. The first kappa shape index (κ1) is 23.1. The molecule has 1 fully saturated rings. The molecular weight excluding hydrogens is 353 g/mol. The summed E-state index contributed by atoms with van der Waals surface area (Å²) in [4.78, 5) is 18.6. The highest BCUT2D eigenvalue weighted by Crippen LogP contribution is 2.27. The van der Waals surface area contributed by atoms with Gasteiger partial charge in [0, 0.05) is 12.5 Å². The number of rotatable bonds is 6. The van der Waals surface area contributed by atoms with Gasteiger partial charge < -0.3 is 20.5 Å². The lowest BCUT2D eigenvalue weighted by Gasteiger charge is -2.24. The summed E-state index contributed by atoms with van der Waals surface area (Å²) >= 11 is 0. The van der Waals surface area contributed by atoms with Crippen LogP contribution in [-0.2, 0) is 16.9 Å². The van der Waals surface area contributed by atoms with E-state index in [0.29, 0.717) is 24.7 Å². The van der Waals surface area contributed by atoms with Crippen molar-refractivity contribution in [3.05, 3.63) is 11.7 Å². The standard InChI is InChI=1S/C15H27N5O2.2ClH/c1-15(2,14-17-13(22-19-14)9-20(3)4)18-12(21)8-10-6-5-7-11(10)16;;/h10-11H,5-9,16H2,1-4H3,(H,18,21);2*1H/t10-,11+;;/m0../s1. The molecule has 0 aliphatic heterocycles. The first-order valence-electron chi connectivity index (χ1n) is 7.82. The highest BCUT2D eigenvalue weighted by molar-refractivity contribution is 5.85. The summed E-state index contributed by atoms with van der Waals surface area (Å²) in [7, 11) is 3.86. The first-order chi connectivity index (χ1) is 10.3. The maximum absolute atomic E-state index is 12.3. The van der Waals surface area contributed by atoms with Crippen LogP contribution in [0.5, 0.6) is 0 Å². The van der Waals surface area contributed by atoms with Crippen LogP contribution < -0.4 is 11.1 Å². The summed E-state index contributed by atoms with van der Waals surface area (Å²) in [5, 5.41) is 6.98. The van der Waals surface area contributed by atoms with Gasteiger partial charge in [0.25, 0.3) is 0 Å². The summed E-state index contributed by atoms with van der Waals surface area (Å²) in [5.41, 5.74) is 5.37. The number of nitrogens with one attached hydrogen (secondary N) is 1. The van der Waals surface area contributed by atoms with E-state index in [-0.39, 0.29) is 42.7 Å². The molecule has 0 spiro atoms. The summed E-state index contributed by atoms with van der Waals surface area (Å²) in [6.45, 7) is 4.33. The van der Waals surface area contributed by atoms with Crippen molar-refractivity contribution in [3.63, 3.8) is 0 Å². The molecule has 1 amide bonds. The molecular formula is C15H29Cl2N5O2. The Morgan fingerprint density at radius 1 is 1.38 bits per heavy atom. The molecule has 0 saturated heterocycles. The zero-order chi connectivity index (χ0) is 16.3. The van der Waals surface area contributed by atoms with Gasteiger partial charge in [-0.25, -0.2) is 0 Å². The minimum absolute atomic E-state index is 0. The zero-order valence-electron chi connectivity index (χ0n) is 14.7. The predicted octanol–water partition coefficient (Wildman–Crippen LogP) is 1.84. The van der Waals surface area contributed by atoms with Crippen molar-refractivity contribution < 1.29 is 9.32 Å². The molecule has 1 heterocycles. The van der Waals surface area contributed by atoms with Crippen molar-refractivity contribution in [2.75, 3.05) is 14.1 Å². The Morgan fingerprint density at radius 3 is 2.58 bits per heavy atom. The number of halogens is 2. The van der Waals surface area contributed by atoms with Crippen molar-refractivity contribution in [1.82, 2.24) is 20.4 Å². The minimum Gasteiger partial charge on any atom is -0.344 e. The Labute approximate surface area is 155 Å². The molecule has 1 saturated carbocycles. The van der Waals surface area contributed by atoms with Gasteiger partial charge in [0.1, 0.15) is 0 Å². The van der Waals surface area contributed by atoms with Gasteiger partial charge in [-0.15, -0.1) is 24.8 Å². The van der Waals surface area contributed by atoms with E-state index in [1.165, 1.54) is 0 Å². The third-order valence-electron chi connectivity index (χ3n) is 4.10. The fourth-order valence-electron chi connectivity index (χ4n) is 2.86. The Morgan fingerprint density at radius 2 is 2.04 bits per heavy atom. The maximum atomic E-state index is 12.3. The third kappa shape index (κ3) is 6.20. The van der Waals surface area contributed by atoms with E-state index >= 15 is 0 Å². The van der Waals surface area contributed by atoms with Crippen molar-refractivity contribution in [2.45, 2.75) is 57.7 Å². The second-order valence-corrected chi connectivity index (χ2v) is 6.98. The van der Waals surface area contributed by atoms with Gasteiger partial charge in [0.05, 0.1) is 12.1 Å². The van der Waals surface area contributed by atoms with E-state index in [9.17, 15) is 4.79 Å². The van der Waals surface area contributed by atoms with Crippen LogP contribution in [-0.4, -0.2) is 41.1 Å². The van der Waals surface area contributed by atoms with Crippen molar-refractivity contribution in [1.29, 1.82) is 0 Å². The summed E-state index contributed by atoms with van der Waals surface area (Å²) < 4.78 is 5.22. The summed E-state index contributed by atoms with van der Waals surface area (Å²) in [5.74, 6) is 1.31. The largest absolute Gasteiger partial charge is 0.344 e. The Balaban J connectivity index is 0.00000264. The molecule has 2 atom stereocenters. The molecule has 0 aromatic carbocycles. The number of aromatic nitrogens is 2. The summed E-state index contributed by atoms with van der Waals surface area (Å²) in [6, 6.07) is 0.144. The van der Waals surface area contributed by atoms with Gasteiger partial charge in [-0.3, -0.25) is 4.79 Å². The number of hydrogen-bond acceptors (Lipinski definition) is 6. The van der Waals surface area contributed by atoms with Crippen LogP contribution in [0.25, 0.3) is 0 Å². The molecule has 1 aromatic rings. The number of carbonyl (C=O) groups excluding carboxylic acids is 1. The molecule has 140 valence electrons. The maximum Gasteiger partial charge on any atom is 0.240 e. The van der Waals surface area contributed by atoms with E-state index in [1.807, 2.05) is 32.8 Å². The molecule has 9 heteroatoms. The molecule has 0 bridgehead atoms. The normalized spacial score (nSPS) is 20.4. The van der Waals surface area contributed by atoms with Crippen molar-refractivity contribution >= 4 is 30.7 Å². The van der Waals surface area contributed by atoms with E-state index < -0.39 is 5.54 Å². The van der Waals surface area contributed by atoms with Gasteiger partial charge >= 0.3 is 0 Å². The summed E-state index contributed by atoms with van der Waals surface area (Å²) in [6.07, 6.45) is 3.62. The Hall–Kier alpha value is -0.890. The zero-order valence-corrected chi connectivity index (χ0v) is 16.4. The Bertz CT molecular complexity index is 522. The van der Waals surface area contributed by atoms with Crippen LogP contribution in [0.15, 0.2) is 4.52 Å². The minimum atomic E-state index is -0.659. The van der Waals surface area contributed by atoms with Crippen LogP contribution >= 0.6 is 24.8 Å².